The van der Waals surface area contributed by atoms with E-state index in [4.69, 9.17) is 0 Å². The van der Waals surface area contributed by atoms with Gasteiger partial charge in [0.25, 0.3) is 5.91 Å². The zero-order chi connectivity index (χ0) is 13.8. The Morgan fingerprint density at radius 3 is 2.89 bits per heavy atom. The molecule has 0 saturated carbocycles. The van der Waals surface area contributed by atoms with Gasteiger partial charge in [-0.3, -0.25) is 4.79 Å². The van der Waals surface area contributed by atoms with Crippen LogP contribution in [0, 0.1) is 12.8 Å². The summed E-state index contributed by atoms with van der Waals surface area (Å²) in [4.78, 5) is 14.5. The third-order valence-electron chi connectivity index (χ3n) is 3.92. The van der Waals surface area contributed by atoms with Crippen molar-refractivity contribution in [2.45, 2.75) is 33.2 Å². The van der Waals surface area contributed by atoms with Crippen LogP contribution in [0.15, 0.2) is 24.3 Å². The second kappa shape index (κ2) is 6.20. The first-order valence-corrected chi connectivity index (χ1v) is 7.21. The average Bonchev–Trinajstić information content (AvgIpc) is 2.40. The molecule has 3 heteroatoms. The van der Waals surface area contributed by atoms with Gasteiger partial charge in [0.15, 0.2) is 0 Å². The highest BCUT2D eigenvalue weighted by Gasteiger charge is 2.28. The molecular weight excluding hydrogens is 236 g/mol. The second-order valence-corrected chi connectivity index (χ2v) is 5.55. The van der Waals surface area contributed by atoms with Gasteiger partial charge < -0.3 is 10.2 Å². The fourth-order valence-electron chi connectivity index (χ4n) is 2.86. The van der Waals surface area contributed by atoms with Crippen molar-refractivity contribution in [2.24, 2.45) is 5.92 Å². The molecule has 1 N–H and O–H groups in total. The number of amides is 1. The van der Waals surface area contributed by atoms with E-state index < -0.39 is 0 Å². The third-order valence-corrected chi connectivity index (χ3v) is 3.92. The van der Waals surface area contributed by atoms with Crippen LogP contribution in [0.1, 0.15) is 36.2 Å². The molecule has 3 nitrogen and oxygen atoms in total. The normalized spacial score (nSPS) is 23.4. The molecule has 1 amide bonds. The summed E-state index contributed by atoms with van der Waals surface area (Å²) >= 11 is 0. The van der Waals surface area contributed by atoms with Crippen molar-refractivity contribution in [1.82, 2.24) is 10.2 Å². The van der Waals surface area contributed by atoms with E-state index in [1.165, 1.54) is 0 Å². The lowest BCUT2D eigenvalue weighted by atomic mass is 9.93. The van der Waals surface area contributed by atoms with Gasteiger partial charge in [-0.1, -0.05) is 31.5 Å². The highest BCUT2D eigenvalue weighted by atomic mass is 16.2. The van der Waals surface area contributed by atoms with E-state index in [9.17, 15) is 4.79 Å². The molecule has 1 aliphatic heterocycles. The van der Waals surface area contributed by atoms with E-state index in [1.807, 2.05) is 36.1 Å². The van der Waals surface area contributed by atoms with Crippen molar-refractivity contribution >= 4 is 5.91 Å². The number of carbonyl (C=O) groups is 1. The number of likely N-dealkylation sites (tertiary alicyclic amines) is 1. The Bertz CT molecular complexity index is 444. The molecule has 2 unspecified atom stereocenters. The average molecular weight is 260 g/mol. The van der Waals surface area contributed by atoms with Crippen molar-refractivity contribution in [3.63, 3.8) is 0 Å². The summed E-state index contributed by atoms with van der Waals surface area (Å²) in [5.74, 6) is 0.688. The molecule has 1 aliphatic rings. The zero-order valence-corrected chi connectivity index (χ0v) is 12.1. The molecule has 0 radical (unpaired) electrons. The molecule has 104 valence electrons. The fraction of sp³-hybridized carbons (Fsp3) is 0.562. The smallest absolute Gasteiger partial charge is 0.253 e. The van der Waals surface area contributed by atoms with E-state index in [0.717, 1.165) is 37.2 Å². The molecule has 2 rings (SSSR count). The van der Waals surface area contributed by atoms with Crippen LogP contribution in [0.5, 0.6) is 0 Å². The highest BCUT2D eigenvalue weighted by Crippen LogP contribution is 2.19. The maximum Gasteiger partial charge on any atom is 0.253 e. The molecule has 1 aromatic carbocycles. The van der Waals surface area contributed by atoms with Crippen molar-refractivity contribution in [2.75, 3.05) is 19.6 Å². The molecule has 0 aliphatic carbocycles. The van der Waals surface area contributed by atoms with Gasteiger partial charge in [-0.25, -0.2) is 0 Å². The van der Waals surface area contributed by atoms with Gasteiger partial charge in [0.05, 0.1) is 0 Å². The number of nitrogens with zero attached hydrogens (tertiary/aromatic N) is 1. The Labute approximate surface area is 116 Å². The van der Waals surface area contributed by atoms with Gasteiger partial charge in [-0.2, -0.15) is 0 Å². The number of hydrogen-bond donors (Lipinski definition) is 1. The number of carbonyl (C=O) groups excluding carboxylic acids is 1. The Balaban J connectivity index is 2.02. The molecule has 0 aromatic heterocycles. The SMILES string of the molecule is CCNC1CCN(C(=O)c2cccc(C)c2)CC1C. The minimum Gasteiger partial charge on any atom is -0.338 e. The van der Waals surface area contributed by atoms with Crippen LogP contribution < -0.4 is 5.32 Å². The zero-order valence-electron chi connectivity index (χ0n) is 12.1. The summed E-state index contributed by atoms with van der Waals surface area (Å²) in [7, 11) is 0. The van der Waals surface area contributed by atoms with Crippen molar-refractivity contribution in [1.29, 1.82) is 0 Å². The number of piperidine rings is 1. The van der Waals surface area contributed by atoms with Gasteiger partial charge in [-0.15, -0.1) is 0 Å². The summed E-state index contributed by atoms with van der Waals surface area (Å²) in [6.07, 6.45) is 1.05. The summed E-state index contributed by atoms with van der Waals surface area (Å²) < 4.78 is 0. The van der Waals surface area contributed by atoms with Gasteiger partial charge >= 0.3 is 0 Å². The van der Waals surface area contributed by atoms with Crippen LogP contribution in [0.25, 0.3) is 0 Å². The standard InChI is InChI=1S/C16H24N2O/c1-4-17-15-8-9-18(11-13(15)3)16(19)14-7-5-6-12(2)10-14/h5-7,10,13,15,17H,4,8-9,11H2,1-3H3. The molecule has 2 atom stereocenters. The topological polar surface area (TPSA) is 32.3 Å². The Morgan fingerprint density at radius 1 is 1.47 bits per heavy atom. The Kier molecular flexibility index (Phi) is 4.59. The van der Waals surface area contributed by atoms with Crippen molar-refractivity contribution in [3.05, 3.63) is 35.4 Å². The van der Waals surface area contributed by atoms with Crippen LogP contribution in [-0.4, -0.2) is 36.5 Å². The fourth-order valence-corrected chi connectivity index (χ4v) is 2.86. The van der Waals surface area contributed by atoms with E-state index in [2.05, 4.69) is 19.2 Å². The Hall–Kier alpha value is -1.35. The Morgan fingerprint density at radius 2 is 2.26 bits per heavy atom. The molecule has 0 bridgehead atoms. The largest absolute Gasteiger partial charge is 0.338 e. The molecular formula is C16H24N2O. The molecule has 1 aromatic rings. The monoisotopic (exact) mass is 260 g/mol. The van der Waals surface area contributed by atoms with Crippen LogP contribution in [0.2, 0.25) is 0 Å². The molecule has 1 fully saturated rings. The number of rotatable bonds is 3. The second-order valence-electron chi connectivity index (χ2n) is 5.55. The van der Waals surface area contributed by atoms with E-state index in [0.29, 0.717) is 12.0 Å². The van der Waals surface area contributed by atoms with E-state index in [1.54, 1.807) is 0 Å². The van der Waals surface area contributed by atoms with Crippen LogP contribution in [0.4, 0.5) is 0 Å². The van der Waals surface area contributed by atoms with Gasteiger partial charge in [0.1, 0.15) is 0 Å². The highest BCUT2D eigenvalue weighted by molar-refractivity contribution is 5.94. The number of hydrogen-bond acceptors (Lipinski definition) is 2. The molecule has 0 spiro atoms. The maximum atomic E-state index is 12.5. The quantitative estimate of drug-likeness (QED) is 0.905. The number of benzene rings is 1. The van der Waals surface area contributed by atoms with Gasteiger partial charge in [-0.05, 0) is 37.9 Å². The van der Waals surface area contributed by atoms with Crippen LogP contribution in [0.3, 0.4) is 0 Å². The van der Waals surface area contributed by atoms with Crippen LogP contribution >= 0.6 is 0 Å². The first-order chi connectivity index (χ1) is 9.11. The number of nitrogens with one attached hydrogen (secondary N) is 1. The summed E-state index contributed by atoms with van der Waals surface area (Å²) in [6, 6.07) is 8.42. The summed E-state index contributed by atoms with van der Waals surface area (Å²) in [6.45, 7) is 9.09. The first-order valence-electron chi connectivity index (χ1n) is 7.21. The lowest BCUT2D eigenvalue weighted by molar-refractivity contribution is 0.0646. The predicted octanol–water partition coefficient (Wildman–Crippen LogP) is 2.46. The van der Waals surface area contributed by atoms with Gasteiger partial charge in [0.2, 0.25) is 0 Å². The minimum absolute atomic E-state index is 0.172. The van der Waals surface area contributed by atoms with Crippen molar-refractivity contribution in [3.8, 4) is 0 Å². The summed E-state index contributed by atoms with van der Waals surface area (Å²) in [5.41, 5.74) is 1.95. The van der Waals surface area contributed by atoms with E-state index in [-0.39, 0.29) is 5.91 Å². The third kappa shape index (κ3) is 3.35. The van der Waals surface area contributed by atoms with Crippen LogP contribution in [-0.2, 0) is 0 Å². The summed E-state index contributed by atoms with van der Waals surface area (Å²) in [5, 5.41) is 3.50. The molecule has 1 saturated heterocycles. The van der Waals surface area contributed by atoms with Gasteiger partial charge in [0, 0.05) is 24.7 Å². The van der Waals surface area contributed by atoms with Crippen molar-refractivity contribution < 1.29 is 4.79 Å². The first kappa shape index (κ1) is 14.1. The van der Waals surface area contributed by atoms with E-state index >= 15 is 0 Å². The number of aryl methyl sites for hydroxylation is 1. The lowest BCUT2D eigenvalue weighted by Gasteiger charge is -2.37. The maximum absolute atomic E-state index is 12.5. The molecule has 19 heavy (non-hydrogen) atoms. The molecule has 1 heterocycles. The predicted molar refractivity (Wildman–Crippen MR) is 78.3 cm³/mol. The lowest BCUT2D eigenvalue weighted by Crippen LogP contribution is -2.50. The minimum atomic E-state index is 0.172.